The van der Waals surface area contributed by atoms with Crippen molar-refractivity contribution in [2.24, 2.45) is 0 Å². The zero-order chi connectivity index (χ0) is 13.8. The van der Waals surface area contributed by atoms with E-state index in [1.54, 1.807) is 11.3 Å². The predicted octanol–water partition coefficient (Wildman–Crippen LogP) is 1.12. The lowest BCUT2D eigenvalue weighted by Crippen LogP contribution is -2.31. The zero-order valence-corrected chi connectivity index (χ0v) is 11.4. The van der Waals surface area contributed by atoms with Crippen molar-refractivity contribution in [1.29, 1.82) is 0 Å². The lowest BCUT2D eigenvalue weighted by atomic mass is 10.4. The smallest absolute Gasteiger partial charge is 0.251 e. The van der Waals surface area contributed by atoms with Gasteiger partial charge >= 0.3 is 0 Å². The van der Waals surface area contributed by atoms with E-state index in [1.165, 1.54) is 27.8 Å². The number of thiophene rings is 1. The van der Waals surface area contributed by atoms with Crippen molar-refractivity contribution in [3.63, 3.8) is 0 Å². The molecule has 19 heavy (non-hydrogen) atoms. The molecule has 0 atom stereocenters. The van der Waals surface area contributed by atoms with Gasteiger partial charge < -0.3 is 15.6 Å². The molecule has 2 heterocycles. The van der Waals surface area contributed by atoms with E-state index in [-0.39, 0.29) is 18.0 Å². The summed E-state index contributed by atoms with van der Waals surface area (Å²) in [4.78, 5) is 25.6. The molecule has 0 aliphatic carbocycles. The second-order valence-corrected chi connectivity index (χ2v) is 5.59. The van der Waals surface area contributed by atoms with Gasteiger partial charge in [-0.15, -0.1) is 11.3 Å². The van der Waals surface area contributed by atoms with E-state index in [4.69, 9.17) is 5.73 Å². The SMILES string of the molecule is Cc1ccc(CNC(=O)Cn2cc(N)ccc2=O)s1. The van der Waals surface area contributed by atoms with Crippen molar-refractivity contribution < 1.29 is 4.79 Å². The van der Waals surface area contributed by atoms with E-state index in [9.17, 15) is 9.59 Å². The first kappa shape index (κ1) is 13.4. The number of anilines is 1. The highest BCUT2D eigenvalue weighted by Crippen LogP contribution is 2.14. The second kappa shape index (κ2) is 5.71. The Balaban J connectivity index is 1.94. The molecular weight excluding hydrogens is 262 g/mol. The second-order valence-electron chi connectivity index (χ2n) is 4.22. The number of nitrogen functional groups attached to an aromatic ring is 1. The summed E-state index contributed by atoms with van der Waals surface area (Å²) in [5, 5.41) is 2.78. The molecule has 0 saturated heterocycles. The van der Waals surface area contributed by atoms with Crippen LogP contribution in [0, 0.1) is 6.92 Å². The molecule has 0 unspecified atom stereocenters. The molecule has 0 fully saturated rings. The van der Waals surface area contributed by atoms with Crippen LogP contribution in [-0.2, 0) is 17.9 Å². The topological polar surface area (TPSA) is 77.1 Å². The third-order valence-corrected chi connectivity index (χ3v) is 3.58. The Morgan fingerprint density at radius 1 is 1.37 bits per heavy atom. The minimum absolute atomic E-state index is 0.0196. The van der Waals surface area contributed by atoms with Crippen LogP contribution in [-0.4, -0.2) is 10.5 Å². The largest absolute Gasteiger partial charge is 0.398 e. The summed E-state index contributed by atoms with van der Waals surface area (Å²) in [5.41, 5.74) is 5.80. The molecule has 0 saturated carbocycles. The van der Waals surface area contributed by atoms with E-state index < -0.39 is 0 Å². The van der Waals surface area contributed by atoms with Gasteiger partial charge in [0.1, 0.15) is 6.54 Å². The van der Waals surface area contributed by atoms with Crippen molar-refractivity contribution in [3.05, 3.63) is 50.6 Å². The maximum atomic E-state index is 11.7. The quantitative estimate of drug-likeness (QED) is 0.879. The number of nitrogens with zero attached hydrogens (tertiary/aromatic N) is 1. The van der Waals surface area contributed by atoms with Crippen molar-refractivity contribution >= 4 is 22.9 Å². The normalized spacial score (nSPS) is 10.4. The van der Waals surface area contributed by atoms with Crippen LogP contribution in [0.2, 0.25) is 0 Å². The van der Waals surface area contributed by atoms with Gasteiger partial charge in [0, 0.05) is 27.7 Å². The van der Waals surface area contributed by atoms with Crippen LogP contribution in [0.5, 0.6) is 0 Å². The molecule has 0 spiro atoms. The van der Waals surface area contributed by atoms with Crippen LogP contribution < -0.4 is 16.6 Å². The van der Waals surface area contributed by atoms with Crippen molar-refractivity contribution in [3.8, 4) is 0 Å². The molecule has 0 aliphatic heterocycles. The fraction of sp³-hybridized carbons (Fsp3) is 0.231. The molecule has 2 aromatic heterocycles. The summed E-state index contributed by atoms with van der Waals surface area (Å²) >= 11 is 1.64. The summed E-state index contributed by atoms with van der Waals surface area (Å²) in [7, 11) is 0. The van der Waals surface area contributed by atoms with Gasteiger partial charge in [-0.2, -0.15) is 0 Å². The number of rotatable bonds is 4. The number of hydrogen-bond acceptors (Lipinski definition) is 4. The lowest BCUT2D eigenvalue weighted by Gasteiger charge is -2.07. The van der Waals surface area contributed by atoms with E-state index in [0.717, 1.165) is 4.88 Å². The molecule has 0 aliphatic rings. The number of hydrogen-bond donors (Lipinski definition) is 2. The minimum atomic E-state index is -0.240. The fourth-order valence-corrected chi connectivity index (χ4v) is 2.48. The first-order valence-corrected chi connectivity index (χ1v) is 6.64. The van der Waals surface area contributed by atoms with Crippen LogP contribution in [0.4, 0.5) is 5.69 Å². The third-order valence-electron chi connectivity index (χ3n) is 2.58. The Kier molecular flexibility index (Phi) is 4.01. The molecular formula is C13H15N3O2S. The maximum absolute atomic E-state index is 11.7. The molecule has 3 N–H and O–H groups in total. The molecule has 6 heteroatoms. The molecule has 0 bridgehead atoms. The molecule has 0 aromatic carbocycles. The number of carbonyl (C=O) groups excluding carboxylic acids is 1. The maximum Gasteiger partial charge on any atom is 0.251 e. The number of aromatic nitrogens is 1. The van der Waals surface area contributed by atoms with Gasteiger partial charge in [-0.25, -0.2) is 0 Å². The Bertz CT molecular complexity index is 645. The van der Waals surface area contributed by atoms with Crippen molar-refractivity contribution in [1.82, 2.24) is 9.88 Å². The monoisotopic (exact) mass is 277 g/mol. The molecule has 0 radical (unpaired) electrons. The highest BCUT2D eigenvalue weighted by molar-refractivity contribution is 7.11. The van der Waals surface area contributed by atoms with E-state index in [2.05, 4.69) is 5.32 Å². The third kappa shape index (κ3) is 3.69. The zero-order valence-electron chi connectivity index (χ0n) is 10.6. The number of nitrogens with one attached hydrogen (secondary N) is 1. The summed E-state index contributed by atoms with van der Waals surface area (Å²) in [6.45, 7) is 2.48. The van der Waals surface area contributed by atoms with Crippen molar-refractivity contribution in [2.45, 2.75) is 20.0 Å². The Labute approximate surface area is 114 Å². The van der Waals surface area contributed by atoms with E-state index in [1.807, 2.05) is 19.1 Å². The van der Waals surface area contributed by atoms with Gasteiger partial charge in [0.25, 0.3) is 5.56 Å². The fourth-order valence-electron chi connectivity index (χ4n) is 1.65. The summed E-state index contributed by atoms with van der Waals surface area (Å²) in [6, 6.07) is 6.86. The average Bonchev–Trinajstić information content (AvgIpc) is 2.77. The molecule has 2 rings (SSSR count). The number of nitrogens with two attached hydrogens (primary N) is 1. The average molecular weight is 277 g/mol. The van der Waals surface area contributed by atoms with Crippen LogP contribution in [0.3, 0.4) is 0 Å². The van der Waals surface area contributed by atoms with Gasteiger partial charge in [-0.3, -0.25) is 9.59 Å². The van der Waals surface area contributed by atoms with Crippen LogP contribution >= 0.6 is 11.3 Å². The number of pyridine rings is 1. The minimum Gasteiger partial charge on any atom is -0.398 e. The lowest BCUT2D eigenvalue weighted by molar-refractivity contribution is -0.121. The predicted molar refractivity (Wildman–Crippen MR) is 76.0 cm³/mol. The first-order valence-electron chi connectivity index (χ1n) is 5.82. The Hall–Kier alpha value is -2.08. The van der Waals surface area contributed by atoms with Gasteiger partial charge in [-0.1, -0.05) is 0 Å². The number of aryl methyl sites for hydroxylation is 1. The summed E-state index contributed by atoms with van der Waals surface area (Å²) in [6.07, 6.45) is 1.47. The van der Waals surface area contributed by atoms with E-state index >= 15 is 0 Å². The first-order chi connectivity index (χ1) is 9.04. The van der Waals surface area contributed by atoms with Crippen LogP contribution in [0.15, 0.2) is 35.3 Å². The molecule has 5 nitrogen and oxygen atoms in total. The summed E-state index contributed by atoms with van der Waals surface area (Å²) < 4.78 is 1.30. The summed E-state index contributed by atoms with van der Waals surface area (Å²) in [5.74, 6) is -0.209. The number of carbonyl (C=O) groups is 1. The van der Waals surface area contributed by atoms with E-state index in [0.29, 0.717) is 12.2 Å². The van der Waals surface area contributed by atoms with Gasteiger partial charge in [0.05, 0.1) is 6.54 Å². The molecule has 1 amide bonds. The van der Waals surface area contributed by atoms with Crippen LogP contribution in [0.1, 0.15) is 9.75 Å². The van der Waals surface area contributed by atoms with Gasteiger partial charge in [0.15, 0.2) is 0 Å². The van der Waals surface area contributed by atoms with Gasteiger partial charge in [-0.05, 0) is 25.1 Å². The Morgan fingerprint density at radius 3 is 2.84 bits per heavy atom. The molecule has 100 valence electrons. The highest BCUT2D eigenvalue weighted by Gasteiger charge is 2.05. The van der Waals surface area contributed by atoms with Crippen molar-refractivity contribution in [2.75, 3.05) is 5.73 Å². The molecule has 2 aromatic rings. The highest BCUT2D eigenvalue weighted by atomic mass is 32.1. The number of amides is 1. The standard InChI is InChI=1S/C13H15N3O2S/c1-9-2-4-11(19-9)6-15-12(17)8-16-7-10(14)3-5-13(16)18/h2-5,7H,6,8,14H2,1H3,(H,15,17). The Morgan fingerprint density at radius 2 is 2.16 bits per heavy atom. The van der Waals surface area contributed by atoms with Gasteiger partial charge in [0.2, 0.25) is 5.91 Å². The van der Waals surface area contributed by atoms with Crippen LogP contribution in [0.25, 0.3) is 0 Å².